The minimum atomic E-state index is -0.1000. The van der Waals surface area contributed by atoms with E-state index in [0.717, 1.165) is 54.1 Å². The Morgan fingerprint density at radius 1 is 1.03 bits per heavy atom. The number of rotatable bonds is 5. The van der Waals surface area contributed by atoms with Crippen molar-refractivity contribution < 1.29 is 9.53 Å². The quantitative estimate of drug-likeness (QED) is 0.726. The van der Waals surface area contributed by atoms with E-state index in [1.165, 1.54) is 0 Å². The molecule has 0 spiro atoms. The number of carbonyl (C=O) groups excluding carboxylic acids is 1. The highest BCUT2D eigenvalue weighted by Crippen LogP contribution is 2.28. The van der Waals surface area contributed by atoms with Crippen molar-refractivity contribution in [3.05, 3.63) is 65.9 Å². The molecule has 0 aliphatic carbocycles. The van der Waals surface area contributed by atoms with Crippen molar-refractivity contribution in [1.29, 1.82) is 0 Å². The second-order valence-corrected chi connectivity index (χ2v) is 7.32. The van der Waals surface area contributed by atoms with Crippen LogP contribution in [-0.4, -0.2) is 56.1 Å². The smallest absolute Gasteiger partial charge is 0.252 e. The Balaban J connectivity index is 1.53. The number of benzene rings is 2. The van der Waals surface area contributed by atoms with E-state index in [1.54, 1.807) is 7.11 Å². The number of ether oxygens (including phenoxy) is 1. The lowest BCUT2D eigenvalue weighted by Gasteiger charge is -2.34. The summed E-state index contributed by atoms with van der Waals surface area (Å²) >= 11 is 0. The van der Waals surface area contributed by atoms with Crippen LogP contribution in [0.2, 0.25) is 0 Å². The Morgan fingerprint density at radius 2 is 1.79 bits per heavy atom. The first kappa shape index (κ1) is 19.2. The Hall–Kier alpha value is -3.12. The first-order valence-electron chi connectivity index (χ1n) is 9.88. The van der Waals surface area contributed by atoms with Crippen LogP contribution in [0.25, 0.3) is 10.8 Å². The number of nitrogens with zero attached hydrogens (tertiary/aromatic N) is 3. The fourth-order valence-corrected chi connectivity index (χ4v) is 3.79. The standard InChI is InChI=1S/C23H26N4O2/c1-26-12-14-27(15-13-26)22-17(6-5-11-24-22)16-25-23(28)20-9-10-21(29-2)19-8-4-3-7-18(19)20/h3-11H,12-16H2,1-2H3,(H,25,28). The van der Waals surface area contributed by atoms with Gasteiger partial charge in [-0.25, -0.2) is 4.98 Å². The zero-order valence-electron chi connectivity index (χ0n) is 16.9. The molecule has 6 heteroatoms. The molecule has 0 saturated carbocycles. The average molecular weight is 390 g/mol. The van der Waals surface area contributed by atoms with Gasteiger partial charge in [0.05, 0.1) is 7.11 Å². The summed E-state index contributed by atoms with van der Waals surface area (Å²) in [5.41, 5.74) is 1.68. The van der Waals surface area contributed by atoms with Crippen molar-refractivity contribution in [2.45, 2.75) is 6.54 Å². The van der Waals surface area contributed by atoms with E-state index in [1.807, 2.05) is 54.7 Å². The zero-order chi connectivity index (χ0) is 20.2. The molecule has 29 heavy (non-hydrogen) atoms. The van der Waals surface area contributed by atoms with Crippen LogP contribution in [0, 0.1) is 0 Å². The number of nitrogens with one attached hydrogen (secondary N) is 1. The van der Waals surface area contributed by atoms with Gasteiger partial charge in [0.2, 0.25) is 0 Å². The lowest BCUT2D eigenvalue weighted by molar-refractivity contribution is 0.0952. The zero-order valence-corrected chi connectivity index (χ0v) is 16.9. The molecule has 2 heterocycles. The van der Waals surface area contributed by atoms with Crippen LogP contribution in [0.4, 0.5) is 5.82 Å². The average Bonchev–Trinajstić information content (AvgIpc) is 2.77. The summed E-state index contributed by atoms with van der Waals surface area (Å²) in [5.74, 6) is 1.62. The van der Waals surface area contributed by atoms with Gasteiger partial charge in [0.15, 0.2) is 0 Å². The molecule has 0 bridgehead atoms. The number of hydrogen-bond acceptors (Lipinski definition) is 5. The van der Waals surface area contributed by atoms with Crippen LogP contribution in [0.3, 0.4) is 0 Å². The van der Waals surface area contributed by atoms with E-state index >= 15 is 0 Å². The van der Waals surface area contributed by atoms with Gasteiger partial charge in [-0.3, -0.25) is 4.79 Å². The van der Waals surface area contributed by atoms with Gasteiger partial charge >= 0.3 is 0 Å². The molecule has 1 saturated heterocycles. The van der Waals surface area contributed by atoms with E-state index in [4.69, 9.17) is 4.74 Å². The number of carbonyl (C=O) groups is 1. The van der Waals surface area contributed by atoms with Crippen LogP contribution >= 0.6 is 0 Å². The first-order chi connectivity index (χ1) is 14.2. The predicted molar refractivity (Wildman–Crippen MR) is 116 cm³/mol. The third-order valence-corrected chi connectivity index (χ3v) is 5.46. The normalized spacial score (nSPS) is 14.8. The maximum atomic E-state index is 13.0. The third kappa shape index (κ3) is 4.03. The highest BCUT2D eigenvalue weighted by atomic mass is 16.5. The Morgan fingerprint density at radius 3 is 2.55 bits per heavy atom. The lowest BCUT2D eigenvalue weighted by atomic mass is 10.0. The molecule has 3 aromatic rings. The number of piperazine rings is 1. The minimum absolute atomic E-state index is 0.1000. The molecule has 1 amide bonds. The van der Waals surface area contributed by atoms with Crippen LogP contribution in [0.15, 0.2) is 54.7 Å². The van der Waals surface area contributed by atoms with Crippen molar-refractivity contribution in [3.8, 4) is 5.75 Å². The monoisotopic (exact) mass is 390 g/mol. The third-order valence-electron chi connectivity index (χ3n) is 5.46. The van der Waals surface area contributed by atoms with E-state index in [-0.39, 0.29) is 5.91 Å². The maximum absolute atomic E-state index is 13.0. The van der Waals surface area contributed by atoms with Crippen molar-refractivity contribution >= 4 is 22.5 Å². The topological polar surface area (TPSA) is 57.7 Å². The van der Waals surface area contributed by atoms with Gasteiger partial charge in [-0.2, -0.15) is 0 Å². The van der Waals surface area contributed by atoms with Crippen molar-refractivity contribution in [2.24, 2.45) is 0 Å². The van der Waals surface area contributed by atoms with E-state index in [9.17, 15) is 4.79 Å². The summed E-state index contributed by atoms with van der Waals surface area (Å²) in [4.78, 5) is 22.2. The van der Waals surface area contributed by atoms with Crippen molar-refractivity contribution in [1.82, 2.24) is 15.2 Å². The van der Waals surface area contributed by atoms with Crippen LogP contribution in [0.1, 0.15) is 15.9 Å². The molecule has 1 N–H and O–H groups in total. The van der Waals surface area contributed by atoms with E-state index in [0.29, 0.717) is 12.1 Å². The molecule has 1 fully saturated rings. The molecular weight excluding hydrogens is 364 g/mol. The highest BCUT2D eigenvalue weighted by Gasteiger charge is 2.19. The lowest BCUT2D eigenvalue weighted by Crippen LogP contribution is -2.45. The van der Waals surface area contributed by atoms with Gasteiger partial charge < -0.3 is 19.9 Å². The molecule has 1 aliphatic rings. The number of amides is 1. The number of pyridine rings is 1. The summed E-state index contributed by atoms with van der Waals surface area (Å²) in [6.45, 7) is 4.35. The maximum Gasteiger partial charge on any atom is 0.252 e. The highest BCUT2D eigenvalue weighted by molar-refractivity contribution is 6.08. The molecule has 4 rings (SSSR count). The number of anilines is 1. The molecule has 0 unspecified atom stereocenters. The van der Waals surface area contributed by atoms with Crippen LogP contribution in [0.5, 0.6) is 5.75 Å². The number of likely N-dealkylation sites (N-methyl/N-ethyl adjacent to an activating group) is 1. The van der Waals surface area contributed by atoms with Crippen LogP contribution < -0.4 is 15.0 Å². The number of methoxy groups -OCH3 is 1. The summed E-state index contributed by atoms with van der Waals surface area (Å²) < 4.78 is 5.43. The Bertz CT molecular complexity index is 1010. The number of hydrogen-bond donors (Lipinski definition) is 1. The van der Waals surface area contributed by atoms with Gasteiger partial charge in [0, 0.05) is 55.4 Å². The number of aromatic nitrogens is 1. The van der Waals surface area contributed by atoms with Gasteiger partial charge in [0.25, 0.3) is 5.91 Å². The van der Waals surface area contributed by atoms with E-state index in [2.05, 4.69) is 27.1 Å². The SMILES string of the molecule is COc1ccc(C(=O)NCc2cccnc2N2CCN(C)CC2)c2ccccc12. The fourth-order valence-electron chi connectivity index (χ4n) is 3.79. The molecule has 1 aliphatic heterocycles. The largest absolute Gasteiger partial charge is 0.496 e. The molecule has 2 aromatic carbocycles. The molecule has 150 valence electrons. The second-order valence-electron chi connectivity index (χ2n) is 7.32. The minimum Gasteiger partial charge on any atom is -0.496 e. The summed E-state index contributed by atoms with van der Waals surface area (Å²) in [6, 6.07) is 15.4. The molecule has 6 nitrogen and oxygen atoms in total. The predicted octanol–water partition coefficient (Wildman–Crippen LogP) is 2.93. The van der Waals surface area contributed by atoms with Crippen molar-refractivity contribution in [2.75, 3.05) is 45.2 Å². The fraction of sp³-hybridized carbons (Fsp3) is 0.304. The van der Waals surface area contributed by atoms with Crippen LogP contribution in [-0.2, 0) is 6.54 Å². The van der Waals surface area contributed by atoms with E-state index < -0.39 is 0 Å². The van der Waals surface area contributed by atoms with Gasteiger partial charge in [0.1, 0.15) is 11.6 Å². The van der Waals surface area contributed by atoms with Gasteiger partial charge in [-0.05, 0) is 30.6 Å². The van der Waals surface area contributed by atoms with Gasteiger partial charge in [-0.15, -0.1) is 0 Å². The molecule has 1 aromatic heterocycles. The van der Waals surface area contributed by atoms with Gasteiger partial charge in [-0.1, -0.05) is 30.3 Å². The Kier molecular flexibility index (Phi) is 5.62. The summed E-state index contributed by atoms with van der Waals surface area (Å²) in [7, 11) is 3.78. The molecule has 0 atom stereocenters. The first-order valence-corrected chi connectivity index (χ1v) is 9.88. The summed E-state index contributed by atoms with van der Waals surface area (Å²) in [5, 5.41) is 4.89. The van der Waals surface area contributed by atoms with Crippen molar-refractivity contribution in [3.63, 3.8) is 0 Å². The number of fused-ring (bicyclic) bond motifs is 1. The molecule has 0 radical (unpaired) electrons. The summed E-state index contributed by atoms with van der Waals surface area (Å²) in [6.07, 6.45) is 1.82. The Labute approximate surface area is 171 Å². The second kappa shape index (κ2) is 8.49. The molecular formula is C23H26N4O2.